The van der Waals surface area contributed by atoms with Gasteiger partial charge in [-0.05, 0) is 22.2 Å². The number of aromatic nitrogens is 2. The minimum absolute atomic E-state index is 0.140. The van der Waals surface area contributed by atoms with Crippen molar-refractivity contribution in [2.75, 3.05) is 37.3 Å². The first-order valence-electron chi connectivity index (χ1n) is 5.69. The van der Waals surface area contributed by atoms with Gasteiger partial charge < -0.3 is 9.80 Å². The van der Waals surface area contributed by atoms with Crippen LogP contribution in [0.4, 0.5) is 5.82 Å². The van der Waals surface area contributed by atoms with Gasteiger partial charge in [-0.2, -0.15) is 0 Å². The topological polar surface area (TPSA) is 49.3 Å². The summed E-state index contributed by atoms with van der Waals surface area (Å²) >= 11 is 5.01. The Kier molecular flexibility index (Phi) is 4.45. The average Bonchev–Trinajstić information content (AvgIpc) is 2.39. The molecule has 2 rings (SSSR count). The Labute approximate surface area is 119 Å². The van der Waals surface area contributed by atoms with Crippen molar-refractivity contribution in [3.8, 4) is 0 Å². The van der Waals surface area contributed by atoms with Crippen LogP contribution in [-0.4, -0.2) is 53.2 Å². The fraction of sp³-hybridized carbons (Fsp3) is 0.545. The van der Waals surface area contributed by atoms with E-state index in [0.717, 1.165) is 41.6 Å². The second-order valence-electron chi connectivity index (χ2n) is 4.02. The molecule has 1 aliphatic heterocycles. The molecule has 0 bridgehead atoms. The molecule has 1 fully saturated rings. The summed E-state index contributed by atoms with van der Waals surface area (Å²) in [5, 5.41) is 0.766. The zero-order chi connectivity index (χ0) is 13.1. The molecule has 0 N–H and O–H groups in total. The van der Waals surface area contributed by atoms with Crippen LogP contribution in [0.3, 0.4) is 0 Å². The minimum Gasteiger partial charge on any atom is -0.352 e. The summed E-state index contributed by atoms with van der Waals surface area (Å²) in [6.45, 7) is 4.73. The molecule has 1 aliphatic rings. The molecule has 5 nitrogen and oxygen atoms in total. The normalized spacial score (nSPS) is 15.9. The van der Waals surface area contributed by atoms with Gasteiger partial charge in [0, 0.05) is 39.3 Å². The maximum atomic E-state index is 11.3. The first kappa shape index (κ1) is 13.6. The van der Waals surface area contributed by atoms with E-state index in [0.29, 0.717) is 0 Å². The Morgan fingerprint density at radius 2 is 2.06 bits per heavy atom. The van der Waals surface area contributed by atoms with Crippen molar-refractivity contribution in [1.29, 1.82) is 0 Å². The van der Waals surface area contributed by atoms with Crippen LogP contribution in [-0.2, 0) is 4.79 Å². The second kappa shape index (κ2) is 5.88. The molecule has 1 aromatic heterocycles. The molecule has 0 saturated carbocycles. The van der Waals surface area contributed by atoms with Gasteiger partial charge in [0.05, 0.1) is 4.47 Å². The smallest absolute Gasteiger partial charge is 0.219 e. The molecule has 0 atom stereocenters. The lowest BCUT2D eigenvalue weighted by molar-refractivity contribution is -0.129. The van der Waals surface area contributed by atoms with Gasteiger partial charge in [0.1, 0.15) is 5.82 Å². The van der Waals surface area contributed by atoms with E-state index in [1.54, 1.807) is 13.1 Å². The van der Waals surface area contributed by atoms with Crippen LogP contribution in [0.5, 0.6) is 0 Å². The number of thioether (sulfide) groups is 1. The highest BCUT2D eigenvalue weighted by Crippen LogP contribution is 2.26. The van der Waals surface area contributed by atoms with Crippen LogP contribution in [0.1, 0.15) is 6.92 Å². The Hall–Kier alpha value is -0.820. The third-order valence-corrected chi connectivity index (χ3v) is 4.03. The predicted octanol–water partition coefficient (Wildman–Crippen LogP) is 1.63. The van der Waals surface area contributed by atoms with Crippen LogP contribution in [0.15, 0.2) is 15.8 Å². The van der Waals surface area contributed by atoms with Crippen LogP contribution in [0, 0.1) is 0 Å². The van der Waals surface area contributed by atoms with E-state index in [2.05, 4.69) is 30.8 Å². The van der Waals surface area contributed by atoms with Gasteiger partial charge in [-0.25, -0.2) is 9.97 Å². The standard InChI is InChI=1S/C11H15BrN4OS/c1-8(17)15-3-5-16(6-4-15)10-9(12)7-13-11(14-10)18-2/h7H,3-6H2,1-2H3. The van der Waals surface area contributed by atoms with Gasteiger partial charge in [0.2, 0.25) is 5.91 Å². The van der Waals surface area contributed by atoms with Gasteiger partial charge in [0.15, 0.2) is 5.16 Å². The number of amides is 1. The molecule has 18 heavy (non-hydrogen) atoms. The third-order valence-electron chi connectivity index (χ3n) is 2.91. The molecule has 0 spiro atoms. The number of hydrogen-bond donors (Lipinski definition) is 0. The van der Waals surface area contributed by atoms with Crippen molar-refractivity contribution in [3.63, 3.8) is 0 Å². The van der Waals surface area contributed by atoms with Gasteiger partial charge >= 0.3 is 0 Å². The molecule has 0 aliphatic carbocycles. The monoisotopic (exact) mass is 330 g/mol. The van der Waals surface area contributed by atoms with Gasteiger partial charge in [-0.3, -0.25) is 4.79 Å². The van der Waals surface area contributed by atoms with Crippen molar-refractivity contribution in [2.45, 2.75) is 12.1 Å². The summed E-state index contributed by atoms with van der Waals surface area (Å²) in [7, 11) is 0. The lowest BCUT2D eigenvalue weighted by atomic mass is 10.3. The summed E-state index contributed by atoms with van der Waals surface area (Å²) in [4.78, 5) is 24.0. The Morgan fingerprint density at radius 3 is 2.61 bits per heavy atom. The van der Waals surface area contributed by atoms with Crippen molar-refractivity contribution < 1.29 is 4.79 Å². The van der Waals surface area contributed by atoms with E-state index in [-0.39, 0.29) is 5.91 Å². The summed E-state index contributed by atoms with van der Waals surface area (Å²) < 4.78 is 0.900. The number of carbonyl (C=O) groups excluding carboxylic acids is 1. The molecular weight excluding hydrogens is 316 g/mol. The Bertz CT molecular complexity index is 449. The number of rotatable bonds is 2. The SMILES string of the molecule is CSc1ncc(Br)c(N2CCN(C(C)=O)CC2)n1. The number of carbonyl (C=O) groups is 1. The van der Waals surface area contributed by atoms with E-state index in [4.69, 9.17) is 0 Å². The van der Waals surface area contributed by atoms with Crippen LogP contribution < -0.4 is 4.90 Å². The van der Waals surface area contributed by atoms with Gasteiger partial charge in [-0.1, -0.05) is 11.8 Å². The second-order valence-corrected chi connectivity index (χ2v) is 5.65. The fourth-order valence-corrected chi connectivity index (χ4v) is 2.67. The van der Waals surface area contributed by atoms with Crippen molar-refractivity contribution >= 4 is 39.4 Å². The molecule has 1 saturated heterocycles. The highest BCUT2D eigenvalue weighted by atomic mass is 79.9. The maximum Gasteiger partial charge on any atom is 0.219 e. The molecule has 7 heteroatoms. The quantitative estimate of drug-likeness (QED) is 0.609. The first-order valence-corrected chi connectivity index (χ1v) is 7.70. The first-order chi connectivity index (χ1) is 8.61. The number of piperazine rings is 1. The molecule has 0 aromatic carbocycles. The van der Waals surface area contributed by atoms with Gasteiger partial charge in [0.25, 0.3) is 0 Å². The highest BCUT2D eigenvalue weighted by Gasteiger charge is 2.21. The number of hydrogen-bond acceptors (Lipinski definition) is 5. The summed E-state index contributed by atoms with van der Waals surface area (Å²) in [5.74, 6) is 1.05. The number of nitrogens with zero attached hydrogens (tertiary/aromatic N) is 4. The zero-order valence-electron chi connectivity index (χ0n) is 10.4. The van der Waals surface area contributed by atoms with Gasteiger partial charge in [-0.15, -0.1) is 0 Å². The summed E-state index contributed by atoms with van der Waals surface area (Å²) in [6.07, 6.45) is 3.74. The molecule has 1 amide bonds. The van der Waals surface area contributed by atoms with Crippen LogP contribution in [0.2, 0.25) is 0 Å². The summed E-state index contributed by atoms with van der Waals surface area (Å²) in [5.41, 5.74) is 0. The molecular formula is C11H15BrN4OS. The largest absolute Gasteiger partial charge is 0.352 e. The van der Waals surface area contributed by atoms with Crippen LogP contribution >= 0.6 is 27.7 Å². The van der Waals surface area contributed by atoms with E-state index in [9.17, 15) is 4.79 Å². The van der Waals surface area contributed by atoms with Crippen LogP contribution in [0.25, 0.3) is 0 Å². The number of halogens is 1. The fourth-order valence-electron chi connectivity index (χ4n) is 1.90. The molecule has 0 unspecified atom stereocenters. The lowest BCUT2D eigenvalue weighted by Gasteiger charge is -2.35. The maximum absolute atomic E-state index is 11.3. The zero-order valence-corrected chi connectivity index (χ0v) is 12.8. The minimum atomic E-state index is 0.140. The number of anilines is 1. The Morgan fingerprint density at radius 1 is 1.39 bits per heavy atom. The predicted molar refractivity (Wildman–Crippen MR) is 76.0 cm³/mol. The highest BCUT2D eigenvalue weighted by molar-refractivity contribution is 9.10. The van der Waals surface area contributed by atoms with E-state index < -0.39 is 0 Å². The van der Waals surface area contributed by atoms with E-state index in [1.165, 1.54) is 11.8 Å². The molecule has 2 heterocycles. The third kappa shape index (κ3) is 2.95. The van der Waals surface area contributed by atoms with Crippen molar-refractivity contribution in [3.05, 3.63) is 10.7 Å². The Balaban J connectivity index is 2.11. The van der Waals surface area contributed by atoms with Crippen molar-refractivity contribution in [1.82, 2.24) is 14.9 Å². The average molecular weight is 331 g/mol. The van der Waals surface area contributed by atoms with E-state index >= 15 is 0 Å². The summed E-state index contributed by atoms with van der Waals surface area (Å²) in [6, 6.07) is 0. The molecule has 98 valence electrons. The molecule has 1 aromatic rings. The van der Waals surface area contributed by atoms with E-state index in [1.807, 2.05) is 11.2 Å². The lowest BCUT2D eigenvalue weighted by Crippen LogP contribution is -2.48. The molecule has 0 radical (unpaired) electrons. The van der Waals surface area contributed by atoms with Crippen molar-refractivity contribution in [2.24, 2.45) is 0 Å².